The quantitative estimate of drug-likeness (QED) is 0.540. The molecule has 2 aromatic heterocycles. The molecule has 2 aliphatic rings. The zero-order chi connectivity index (χ0) is 22.1. The number of hydrogen-bond donors (Lipinski definition) is 2. The van der Waals surface area contributed by atoms with E-state index in [4.69, 9.17) is 27.9 Å². The van der Waals surface area contributed by atoms with Crippen LogP contribution in [0.4, 0.5) is 15.9 Å². The van der Waals surface area contributed by atoms with Gasteiger partial charge in [-0.25, -0.2) is 4.39 Å². The van der Waals surface area contributed by atoms with Crippen LogP contribution < -0.4 is 10.2 Å². The third kappa shape index (κ3) is 4.36. The molecule has 4 heterocycles. The molecule has 0 radical (unpaired) electrons. The average molecular weight is 479 g/mol. The number of morpholine rings is 1. The standard InChI is InChI=1S/C20H21Cl2FN8O/c21-13-1-2-14(23)18(22)12(13)10-31-4-3-24-20-16(31)9-15(26-29-20)19-25-17(27-28-19)11-30-5-7-32-8-6-30/h1-2,9H,3-8,10-11H2,(H,24,29)(H,25,27,28). The smallest absolute Gasteiger partial charge is 0.182 e. The van der Waals surface area contributed by atoms with Crippen molar-refractivity contribution in [1.82, 2.24) is 30.3 Å². The van der Waals surface area contributed by atoms with Gasteiger partial charge in [0, 0.05) is 43.3 Å². The van der Waals surface area contributed by atoms with Gasteiger partial charge in [-0.2, -0.15) is 0 Å². The Morgan fingerprint density at radius 3 is 2.72 bits per heavy atom. The second kappa shape index (κ2) is 9.14. The van der Waals surface area contributed by atoms with Gasteiger partial charge in [-0.05, 0) is 18.2 Å². The summed E-state index contributed by atoms with van der Waals surface area (Å²) in [5, 5.41) is 20.8. The van der Waals surface area contributed by atoms with E-state index in [0.717, 1.165) is 37.8 Å². The van der Waals surface area contributed by atoms with Crippen LogP contribution in [0.1, 0.15) is 11.4 Å². The van der Waals surface area contributed by atoms with Crippen molar-refractivity contribution >= 4 is 34.7 Å². The lowest BCUT2D eigenvalue weighted by molar-refractivity contribution is 0.0331. The molecule has 1 saturated heterocycles. The Kier molecular flexibility index (Phi) is 6.09. The van der Waals surface area contributed by atoms with Crippen molar-refractivity contribution < 1.29 is 9.13 Å². The molecule has 3 aromatic rings. The predicted molar refractivity (Wildman–Crippen MR) is 119 cm³/mol. The predicted octanol–water partition coefficient (Wildman–Crippen LogP) is 2.97. The van der Waals surface area contributed by atoms with E-state index in [9.17, 15) is 4.39 Å². The molecule has 5 rings (SSSR count). The Morgan fingerprint density at radius 2 is 1.88 bits per heavy atom. The number of halogens is 3. The van der Waals surface area contributed by atoms with E-state index in [2.05, 4.69) is 35.6 Å². The van der Waals surface area contributed by atoms with E-state index < -0.39 is 5.82 Å². The maximum atomic E-state index is 14.0. The van der Waals surface area contributed by atoms with Gasteiger partial charge in [0.05, 0.1) is 30.5 Å². The van der Waals surface area contributed by atoms with E-state index in [1.165, 1.54) is 12.1 Å². The van der Waals surface area contributed by atoms with Crippen LogP contribution in [0.5, 0.6) is 0 Å². The van der Waals surface area contributed by atoms with Crippen molar-refractivity contribution in [3.63, 3.8) is 0 Å². The fourth-order valence-electron chi connectivity index (χ4n) is 3.82. The SMILES string of the molecule is Fc1ccc(Cl)c(CN2CCNc3nnc(-c4nnc(CN5CCOCC5)[nH]4)cc32)c1Cl. The van der Waals surface area contributed by atoms with Gasteiger partial charge in [0.15, 0.2) is 11.6 Å². The highest BCUT2D eigenvalue weighted by molar-refractivity contribution is 6.36. The summed E-state index contributed by atoms with van der Waals surface area (Å²) in [7, 11) is 0. The minimum absolute atomic E-state index is 0.0304. The summed E-state index contributed by atoms with van der Waals surface area (Å²) in [6.07, 6.45) is 0. The number of aromatic nitrogens is 5. The Hall–Kier alpha value is -2.53. The van der Waals surface area contributed by atoms with Gasteiger partial charge in [0.2, 0.25) is 0 Å². The van der Waals surface area contributed by atoms with Crippen LogP contribution in [0.25, 0.3) is 11.5 Å². The number of rotatable bonds is 5. The fraction of sp³-hybridized carbons (Fsp3) is 0.400. The lowest BCUT2D eigenvalue weighted by Gasteiger charge is -2.31. The number of ether oxygens (including phenoxy) is 1. The zero-order valence-corrected chi connectivity index (χ0v) is 18.6. The third-order valence-electron chi connectivity index (χ3n) is 5.53. The van der Waals surface area contributed by atoms with Crippen molar-refractivity contribution in [3.05, 3.63) is 45.4 Å². The molecule has 0 amide bonds. The number of hydrogen-bond acceptors (Lipinski definition) is 8. The maximum absolute atomic E-state index is 14.0. The number of benzene rings is 1. The molecular formula is C20H21Cl2FN8O. The van der Waals surface area contributed by atoms with Crippen molar-refractivity contribution in [2.45, 2.75) is 13.1 Å². The highest BCUT2D eigenvalue weighted by Gasteiger charge is 2.23. The van der Waals surface area contributed by atoms with Crippen molar-refractivity contribution in [2.75, 3.05) is 49.6 Å². The summed E-state index contributed by atoms with van der Waals surface area (Å²) < 4.78 is 19.4. The molecular weight excluding hydrogens is 458 g/mol. The maximum Gasteiger partial charge on any atom is 0.182 e. The van der Waals surface area contributed by atoms with Gasteiger partial charge in [-0.1, -0.05) is 23.2 Å². The number of fused-ring (bicyclic) bond motifs is 1. The van der Waals surface area contributed by atoms with E-state index in [-0.39, 0.29) is 5.02 Å². The van der Waals surface area contributed by atoms with Crippen molar-refractivity contribution in [2.24, 2.45) is 0 Å². The van der Waals surface area contributed by atoms with Crippen LogP contribution in [0.2, 0.25) is 10.0 Å². The Bertz CT molecular complexity index is 1120. The van der Waals surface area contributed by atoms with Gasteiger partial charge in [0.1, 0.15) is 17.3 Å². The normalized spacial score (nSPS) is 16.7. The van der Waals surface area contributed by atoms with E-state index in [1.54, 1.807) is 0 Å². The molecule has 0 unspecified atom stereocenters. The van der Waals surface area contributed by atoms with E-state index in [1.807, 2.05) is 11.0 Å². The highest BCUT2D eigenvalue weighted by atomic mass is 35.5. The molecule has 2 aliphatic heterocycles. The van der Waals surface area contributed by atoms with Crippen LogP contribution >= 0.6 is 23.2 Å². The van der Waals surface area contributed by atoms with Crippen LogP contribution in [0.3, 0.4) is 0 Å². The molecule has 32 heavy (non-hydrogen) atoms. The summed E-state index contributed by atoms with van der Waals surface area (Å²) in [5.74, 6) is 1.44. The number of nitrogens with zero attached hydrogens (tertiary/aromatic N) is 6. The molecule has 0 saturated carbocycles. The highest BCUT2D eigenvalue weighted by Crippen LogP contribution is 2.34. The van der Waals surface area contributed by atoms with Crippen LogP contribution in [0, 0.1) is 5.82 Å². The topological polar surface area (TPSA) is 95.1 Å². The van der Waals surface area contributed by atoms with Gasteiger partial charge in [0.25, 0.3) is 0 Å². The van der Waals surface area contributed by atoms with E-state index >= 15 is 0 Å². The monoisotopic (exact) mass is 478 g/mol. The average Bonchev–Trinajstić information content (AvgIpc) is 3.28. The first kappa shape index (κ1) is 21.3. The molecule has 0 aliphatic carbocycles. The number of anilines is 2. The van der Waals surface area contributed by atoms with Crippen LogP contribution in [-0.2, 0) is 17.8 Å². The second-order valence-corrected chi connectivity index (χ2v) is 8.43. The summed E-state index contributed by atoms with van der Waals surface area (Å²) in [4.78, 5) is 7.53. The minimum atomic E-state index is -0.496. The number of nitrogens with one attached hydrogen (secondary N) is 2. The fourth-order valence-corrected chi connectivity index (χ4v) is 4.31. The van der Waals surface area contributed by atoms with Gasteiger partial charge < -0.3 is 19.9 Å². The summed E-state index contributed by atoms with van der Waals surface area (Å²) in [6.45, 7) is 5.50. The first-order valence-electron chi connectivity index (χ1n) is 10.3. The van der Waals surface area contributed by atoms with Gasteiger partial charge in [-0.3, -0.25) is 4.90 Å². The van der Waals surface area contributed by atoms with Crippen LogP contribution in [0.15, 0.2) is 18.2 Å². The summed E-state index contributed by atoms with van der Waals surface area (Å²) >= 11 is 12.5. The zero-order valence-electron chi connectivity index (χ0n) is 17.1. The van der Waals surface area contributed by atoms with Gasteiger partial charge >= 0.3 is 0 Å². The molecule has 0 bridgehead atoms. The third-order valence-corrected chi connectivity index (χ3v) is 6.29. The Morgan fingerprint density at radius 1 is 1.03 bits per heavy atom. The number of aromatic amines is 1. The molecule has 1 fully saturated rings. The second-order valence-electron chi connectivity index (χ2n) is 7.64. The summed E-state index contributed by atoms with van der Waals surface area (Å²) in [5.41, 5.74) is 1.91. The van der Waals surface area contributed by atoms with Crippen molar-refractivity contribution in [1.29, 1.82) is 0 Å². The lowest BCUT2D eigenvalue weighted by Crippen LogP contribution is -2.35. The Labute approximate surface area is 193 Å². The molecule has 2 N–H and O–H groups in total. The van der Waals surface area contributed by atoms with Crippen LogP contribution in [-0.4, -0.2) is 69.7 Å². The van der Waals surface area contributed by atoms with Gasteiger partial charge in [-0.15, -0.1) is 20.4 Å². The number of H-pyrrole nitrogens is 1. The summed E-state index contributed by atoms with van der Waals surface area (Å²) in [6, 6.07) is 4.67. The molecule has 12 heteroatoms. The molecule has 1 aromatic carbocycles. The molecule has 0 atom stereocenters. The van der Waals surface area contributed by atoms with E-state index in [0.29, 0.717) is 54.1 Å². The van der Waals surface area contributed by atoms with Crippen molar-refractivity contribution in [3.8, 4) is 11.5 Å². The Balaban J connectivity index is 1.39. The first-order valence-corrected chi connectivity index (χ1v) is 11.0. The molecule has 9 nitrogen and oxygen atoms in total. The molecule has 168 valence electrons. The lowest BCUT2D eigenvalue weighted by atomic mass is 10.1. The largest absolute Gasteiger partial charge is 0.379 e. The molecule has 0 spiro atoms. The first-order chi connectivity index (χ1) is 15.6. The minimum Gasteiger partial charge on any atom is -0.379 e.